The van der Waals surface area contributed by atoms with Gasteiger partial charge < -0.3 is 16.0 Å². The molecule has 0 atom stereocenters. The highest BCUT2D eigenvalue weighted by Gasteiger charge is 1.92. The molecule has 0 unspecified atom stereocenters. The zero-order chi connectivity index (χ0) is 9.40. The Labute approximate surface area is 83.7 Å². The van der Waals surface area contributed by atoms with Crippen molar-refractivity contribution in [2.75, 3.05) is 41.3 Å². The Morgan fingerprint density at radius 1 is 0.615 bits per heavy atom. The second-order valence-electron chi connectivity index (χ2n) is 4.02. The van der Waals surface area contributed by atoms with Gasteiger partial charge in [-0.3, -0.25) is 0 Å². The van der Waals surface area contributed by atoms with E-state index in [0.29, 0.717) is 0 Å². The van der Waals surface area contributed by atoms with E-state index < -0.39 is 0 Å². The third kappa shape index (κ3) is 14.7. The fourth-order valence-corrected chi connectivity index (χ4v) is 1.21. The molecule has 0 aliphatic rings. The van der Waals surface area contributed by atoms with Crippen LogP contribution < -0.4 is 6.15 Å². The normalized spacial score (nSPS) is 10.6. The van der Waals surface area contributed by atoms with Crippen LogP contribution in [0, 0.1) is 0 Å². The van der Waals surface area contributed by atoms with E-state index in [1.807, 2.05) is 0 Å². The van der Waals surface area contributed by atoms with Crippen LogP contribution in [-0.4, -0.2) is 51.1 Å². The second kappa shape index (κ2) is 9.96. The van der Waals surface area contributed by atoms with Gasteiger partial charge in [-0.1, -0.05) is 12.8 Å². The lowest BCUT2D eigenvalue weighted by atomic mass is 10.2. The van der Waals surface area contributed by atoms with E-state index in [2.05, 4.69) is 38.0 Å². The van der Waals surface area contributed by atoms with Gasteiger partial charge in [0.05, 0.1) is 0 Å². The van der Waals surface area contributed by atoms with Gasteiger partial charge >= 0.3 is 0 Å². The van der Waals surface area contributed by atoms with E-state index in [9.17, 15) is 0 Å². The van der Waals surface area contributed by atoms with Gasteiger partial charge in [0.15, 0.2) is 0 Å². The molecule has 3 heteroatoms. The lowest BCUT2D eigenvalue weighted by Gasteiger charge is -2.10. The maximum Gasteiger partial charge on any atom is -0.00248 e. The average molecular weight is 189 g/mol. The summed E-state index contributed by atoms with van der Waals surface area (Å²) in [4.78, 5) is 4.51. The SMILES string of the molecule is CN(C)CCCCCCN(C)C.N. The molecule has 0 bridgehead atoms. The predicted octanol–water partition coefficient (Wildman–Crippen LogP) is 1.83. The van der Waals surface area contributed by atoms with E-state index >= 15 is 0 Å². The van der Waals surface area contributed by atoms with Crippen molar-refractivity contribution in [2.45, 2.75) is 25.7 Å². The van der Waals surface area contributed by atoms with E-state index in [1.165, 1.54) is 38.8 Å². The summed E-state index contributed by atoms with van der Waals surface area (Å²) in [5, 5.41) is 0. The Balaban J connectivity index is 0. The molecular weight excluding hydrogens is 162 g/mol. The molecule has 0 saturated carbocycles. The van der Waals surface area contributed by atoms with Crippen molar-refractivity contribution >= 4 is 0 Å². The van der Waals surface area contributed by atoms with Gasteiger partial charge in [-0.05, 0) is 54.1 Å². The molecule has 0 heterocycles. The zero-order valence-electron chi connectivity index (χ0n) is 9.84. The molecule has 0 aromatic carbocycles. The molecule has 0 aromatic heterocycles. The van der Waals surface area contributed by atoms with Crippen molar-refractivity contribution in [1.29, 1.82) is 0 Å². The highest BCUT2D eigenvalue weighted by Crippen LogP contribution is 2.00. The molecule has 82 valence electrons. The number of rotatable bonds is 7. The molecule has 3 N–H and O–H groups in total. The van der Waals surface area contributed by atoms with E-state index in [-0.39, 0.29) is 6.15 Å². The van der Waals surface area contributed by atoms with Crippen LogP contribution in [0.1, 0.15) is 25.7 Å². The fraction of sp³-hybridized carbons (Fsp3) is 1.00. The van der Waals surface area contributed by atoms with Crippen LogP contribution in [0.4, 0.5) is 0 Å². The molecule has 0 aliphatic carbocycles. The van der Waals surface area contributed by atoms with Crippen LogP contribution in [0.25, 0.3) is 0 Å². The first-order chi connectivity index (χ1) is 5.63. The summed E-state index contributed by atoms with van der Waals surface area (Å²) in [7, 11) is 8.55. The monoisotopic (exact) mass is 189 g/mol. The summed E-state index contributed by atoms with van der Waals surface area (Å²) in [6.45, 7) is 2.48. The van der Waals surface area contributed by atoms with Crippen molar-refractivity contribution in [3.63, 3.8) is 0 Å². The Bertz CT molecular complexity index is 80.2. The number of unbranched alkanes of at least 4 members (excludes halogenated alkanes) is 3. The minimum atomic E-state index is 0. The van der Waals surface area contributed by atoms with E-state index in [4.69, 9.17) is 0 Å². The molecule has 0 amide bonds. The quantitative estimate of drug-likeness (QED) is 0.621. The second-order valence-corrected chi connectivity index (χ2v) is 4.02. The molecule has 0 spiro atoms. The van der Waals surface area contributed by atoms with E-state index in [1.54, 1.807) is 0 Å². The van der Waals surface area contributed by atoms with Gasteiger partial charge in [0.2, 0.25) is 0 Å². The summed E-state index contributed by atoms with van der Waals surface area (Å²) in [6, 6.07) is 0. The molecule has 0 rings (SSSR count). The molecule has 3 nitrogen and oxygen atoms in total. The highest BCUT2D eigenvalue weighted by molar-refractivity contribution is 4.49. The smallest absolute Gasteiger partial charge is 0.00248 e. The van der Waals surface area contributed by atoms with Gasteiger partial charge in [0.25, 0.3) is 0 Å². The van der Waals surface area contributed by atoms with E-state index in [0.717, 1.165) is 0 Å². The topological polar surface area (TPSA) is 41.5 Å². The molecule has 0 aliphatic heterocycles. The highest BCUT2D eigenvalue weighted by atomic mass is 15.0. The number of hydrogen-bond donors (Lipinski definition) is 1. The number of hydrogen-bond acceptors (Lipinski definition) is 3. The first kappa shape index (κ1) is 15.4. The van der Waals surface area contributed by atoms with Gasteiger partial charge in [0.1, 0.15) is 0 Å². The largest absolute Gasteiger partial charge is 0.344 e. The lowest BCUT2D eigenvalue weighted by Crippen LogP contribution is -2.14. The lowest BCUT2D eigenvalue weighted by molar-refractivity contribution is 0.370. The first-order valence-electron chi connectivity index (χ1n) is 4.92. The Morgan fingerprint density at radius 2 is 0.923 bits per heavy atom. The van der Waals surface area contributed by atoms with Crippen LogP contribution in [0.5, 0.6) is 0 Å². The third-order valence-electron chi connectivity index (χ3n) is 1.96. The van der Waals surface area contributed by atoms with Crippen LogP contribution >= 0.6 is 0 Å². The summed E-state index contributed by atoms with van der Waals surface area (Å²) in [5.41, 5.74) is 0. The van der Waals surface area contributed by atoms with Crippen molar-refractivity contribution in [1.82, 2.24) is 16.0 Å². The van der Waals surface area contributed by atoms with Gasteiger partial charge in [-0.15, -0.1) is 0 Å². The van der Waals surface area contributed by atoms with Gasteiger partial charge in [0, 0.05) is 0 Å². The van der Waals surface area contributed by atoms with Crippen molar-refractivity contribution in [3.8, 4) is 0 Å². The summed E-state index contributed by atoms with van der Waals surface area (Å²) < 4.78 is 0. The standard InChI is InChI=1S/C10H24N2.H3N/c1-11(2)9-7-5-6-8-10-12(3)4;/h5-10H2,1-4H3;1H3. The Morgan fingerprint density at radius 3 is 1.15 bits per heavy atom. The predicted molar refractivity (Wildman–Crippen MR) is 60.6 cm³/mol. The van der Waals surface area contributed by atoms with Crippen molar-refractivity contribution in [3.05, 3.63) is 0 Å². The van der Waals surface area contributed by atoms with Crippen LogP contribution in [0.3, 0.4) is 0 Å². The maximum atomic E-state index is 2.26. The molecule has 13 heavy (non-hydrogen) atoms. The zero-order valence-corrected chi connectivity index (χ0v) is 9.84. The van der Waals surface area contributed by atoms with Gasteiger partial charge in [-0.25, -0.2) is 0 Å². The Hall–Kier alpha value is -0.120. The third-order valence-corrected chi connectivity index (χ3v) is 1.96. The summed E-state index contributed by atoms with van der Waals surface area (Å²) >= 11 is 0. The molecule has 0 saturated heterocycles. The maximum absolute atomic E-state index is 2.26. The molecule has 0 aromatic rings. The summed E-state index contributed by atoms with van der Waals surface area (Å²) in [5.74, 6) is 0. The van der Waals surface area contributed by atoms with Crippen molar-refractivity contribution in [2.24, 2.45) is 0 Å². The van der Waals surface area contributed by atoms with Crippen LogP contribution in [0.15, 0.2) is 0 Å². The Kier molecular flexibility index (Phi) is 11.8. The van der Waals surface area contributed by atoms with Gasteiger partial charge in [-0.2, -0.15) is 0 Å². The number of nitrogens with zero attached hydrogens (tertiary/aromatic N) is 2. The average Bonchev–Trinajstić information content (AvgIpc) is 1.95. The molecular formula is C10H27N3. The van der Waals surface area contributed by atoms with Crippen LogP contribution in [0.2, 0.25) is 0 Å². The van der Waals surface area contributed by atoms with Crippen LogP contribution in [-0.2, 0) is 0 Å². The molecule has 0 fully saturated rings. The minimum absolute atomic E-state index is 0. The van der Waals surface area contributed by atoms with Crippen molar-refractivity contribution < 1.29 is 0 Å². The minimum Gasteiger partial charge on any atom is -0.344 e. The molecule has 0 radical (unpaired) electrons. The first-order valence-corrected chi connectivity index (χ1v) is 4.92. The fourth-order valence-electron chi connectivity index (χ4n) is 1.21. The summed E-state index contributed by atoms with van der Waals surface area (Å²) in [6.07, 6.45) is 5.46.